The summed E-state index contributed by atoms with van der Waals surface area (Å²) >= 11 is 1.62. The van der Waals surface area contributed by atoms with Gasteiger partial charge in [-0.15, -0.1) is 11.3 Å². The van der Waals surface area contributed by atoms with Gasteiger partial charge in [0.25, 0.3) is 0 Å². The highest BCUT2D eigenvalue weighted by Gasteiger charge is 2.18. The van der Waals surface area contributed by atoms with Gasteiger partial charge in [-0.05, 0) is 29.7 Å². The van der Waals surface area contributed by atoms with Crippen molar-refractivity contribution in [3.63, 3.8) is 0 Å². The van der Waals surface area contributed by atoms with Gasteiger partial charge in [0, 0.05) is 49.9 Å². The van der Waals surface area contributed by atoms with Crippen molar-refractivity contribution in [1.82, 2.24) is 14.5 Å². The zero-order valence-corrected chi connectivity index (χ0v) is 21.3. The Morgan fingerprint density at radius 3 is 2.72 bits per heavy atom. The second-order valence-electron chi connectivity index (χ2n) is 8.48. The van der Waals surface area contributed by atoms with Crippen LogP contribution in [0.1, 0.15) is 0 Å². The SMILES string of the molecule is C=CC(=O)Nc1cc(Nc2nc(-c3cn(C)c4ccccc34)c3sccc3n2)c(OC)cc1N(C)C. The van der Waals surface area contributed by atoms with E-state index in [4.69, 9.17) is 14.7 Å². The number of hydrogen-bond acceptors (Lipinski definition) is 7. The fourth-order valence-electron chi connectivity index (χ4n) is 4.24. The molecule has 0 spiro atoms. The number of anilines is 4. The van der Waals surface area contributed by atoms with Crippen molar-refractivity contribution in [2.75, 3.05) is 36.7 Å². The molecule has 0 saturated carbocycles. The van der Waals surface area contributed by atoms with E-state index in [1.54, 1.807) is 18.4 Å². The number of nitrogens with one attached hydrogen (secondary N) is 2. The summed E-state index contributed by atoms with van der Waals surface area (Å²) in [5.41, 5.74) is 5.91. The number of fused-ring (bicyclic) bond motifs is 2. The maximum absolute atomic E-state index is 12.1. The summed E-state index contributed by atoms with van der Waals surface area (Å²) < 4.78 is 8.79. The lowest BCUT2D eigenvalue weighted by molar-refractivity contribution is -0.111. The van der Waals surface area contributed by atoms with Gasteiger partial charge in [-0.1, -0.05) is 24.8 Å². The third kappa shape index (κ3) is 4.14. The molecule has 0 aliphatic carbocycles. The zero-order chi connectivity index (χ0) is 25.4. The van der Waals surface area contributed by atoms with Gasteiger partial charge in [0.2, 0.25) is 11.9 Å². The van der Waals surface area contributed by atoms with Gasteiger partial charge in [-0.3, -0.25) is 4.79 Å². The van der Waals surface area contributed by atoms with E-state index in [1.807, 2.05) is 61.8 Å². The van der Waals surface area contributed by atoms with Crippen LogP contribution in [0.4, 0.5) is 23.0 Å². The van der Waals surface area contributed by atoms with Gasteiger partial charge in [-0.25, -0.2) is 9.97 Å². The summed E-state index contributed by atoms with van der Waals surface area (Å²) in [5, 5.41) is 9.34. The maximum Gasteiger partial charge on any atom is 0.247 e. The molecule has 0 atom stereocenters. The van der Waals surface area contributed by atoms with Gasteiger partial charge < -0.3 is 24.8 Å². The Balaban J connectivity index is 1.64. The Morgan fingerprint density at radius 2 is 1.97 bits per heavy atom. The molecular weight excluding hydrogens is 472 g/mol. The van der Waals surface area contributed by atoms with Crippen LogP contribution in [-0.2, 0) is 11.8 Å². The monoisotopic (exact) mass is 498 g/mol. The number of para-hydroxylation sites is 1. The van der Waals surface area contributed by atoms with Crippen LogP contribution in [0, 0.1) is 0 Å². The van der Waals surface area contributed by atoms with Gasteiger partial charge in [0.05, 0.1) is 40.1 Å². The summed E-state index contributed by atoms with van der Waals surface area (Å²) in [6.45, 7) is 3.55. The first-order valence-corrected chi connectivity index (χ1v) is 12.2. The highest BCUT2D eigenvalue weighted by molar-refractivity contribution is 7.17. The van der Waals surface area contributed by atoms with E-state index in [0.717, 1.165) is 38.1 Å². The quantitative estimate of drug-likeness (QED) is 0.276. The lowest BCUT2D eigenvalue weighted by atomic mass is 10.1. The summed E-state index contributed by atoms with van der Waals surface area (Å²) in [4.78, 5) is 23.7. The third-order valence-electron chi connectivity index (χ3n) is 5.95. The molecule has 0 aliphatic rings. The van der Waals surface area contributed by atoms with Crippen molar-refractivity contribution in [3.8, 4) is 17.0 Å². The molecule has 0 aliphatic heterocycles. The Morgan fingerprint density at radius 1 is 1.17 bits per heavy atom. The molecule has 0 bridgehead atoms. The van der Waals surface area contributed by atoms with Crippen LogP contribution < -0.4 is 20.3 Å². The van der Waals surface area contributed by atoms with Crippen LogP contribution in [-0.4, -0.2) is 41.6 Å². The lowest BCUT2D eigenvalue weighted by Gasteiger charge is -2.21. The highest BCUT2D eigenvalue weighted by atomic mass is 32.1. The van der Waals surface area contributed by atoms with Crippen molar-refractivity contribution < 1.29 is 9.53 Å². The summed E-state index contributed by atoms with van der Waals surface area (Å²) in [7, 11) is 7.44. The Bertz CT molecular complexity index is 1620. The van der Waals surface area contributed by atoms with E-state index in [-0.39, 0.29) is 5.91 Å². The molecular formula is C27H26N6O2S. The number of carbonyl (C=O) groups excluding carboxylic acids is 1. The molecule has 182 valence electrons. The predicted molar refractivity (Wildman–Crippen MR) is 149 cm³/mol. The van der Waals surface area contributed by atoms with Crippen LogP contribution in [0.2, 0.25) is 0 Å². The Kier molecular flexibility index (Phi) is 6.07. The average molecular weight is 499 g/mol. The first-order valence-electron chi connectivity index (χ1n) is 11.3. The number of aryl methyl sites for hydroxylation is 1. The van der Waals surface area contributed by atoms with Crippen LogP contribution in [0.25, 0.3) is 32.4 Å². The van der Waals surface area contributed by atoms with E-state index in [2.05, 4.69) is 40.1 Å². The fourth-order valence-corrected chi connectivity index (χ4v) is 5.08. The minimum atomic E-state index is -0.302. The largest absolute Gasteiger partial charge is 0.494 e. The number of methoxy groups -OCH3 is 1. The van der Waals surface area contributed by atoms with Crippen LogP contribution in [0.3, 0.4) is 0 Å². The molecule has 2 N–H and O–H groups in total. The molecule has 1 amide bonds. The van der Waals surface area contributed by atoms with Crippen molar-refractivity contribution >= 4 is 61.4 Å². The number of amides is 1. The fraction of sp³-hybridized carbons (Fsp3) is 0.148. The van der Waals surface area contributed by atoms with Crippen molar-refractivity contribution in [1.29, 1.82) is 0 Å². The number of hydrogen-bond donors (Lipinski definition) is 2. The van der Waals surface area contributed by atoms with Crippen molar-refractivity contribution in [2.45, 2.75) is 0 Å². The molecule has 5 aromatic rings. The lowest BCUT2D eigenvalue weighted by Crippen LogP contribution is -2.15. The first-order chi connectivity index (χ1) is 17.4. The van der Waals surface area contributed by atoms with Gasteiger partial charge in [0.15, 0.2) is 0 Å². The van der Waals surface area contributed by atoms with Crippen molar-refractivity contribution in [2.24, 2.45) is 7.05 Å². The zero-order valence-electron chi connectivity index (χ0n) is 20.5. The number of nitrogens with zero attached hydrogens (tertiary/aromatic N) is 4. The molecule has 5 rings (SSSR count). The Labute approximate surface area is 212 Å². The van der Waals surface area contributed by atoms with Gasteiger partial charge >= 0.3 is 0 Å². The molecule has 3 heterocycles. The summed E-state index contributed by atoms with van der Waals surface area (Å²) in [5.74, 6) is 0.722. The van der Waals surface area contributed by atoms with Crippen LogP contribution in [0.15, 0.2) is 66.7 Å². The minimum absolute atomic E-state index is 0.302. The molecule has 0 saturated heterocycles. The standard InChI is InChI=1S/C27H26N6O2S/c1-6-24(34)28-19-13-20(23(35-5)14-22(19)32(2)3)30-27-29-18-11-12-36-26(18)25(31-27)17-15-33(4)21-10-8-7-9-16(17)21/h6-15H,1H2,2-5H3,(H,28,34)(H,29,30,31). The molecule has 0 radical (unpaired) electrons. The third-order valence-corrected chi connectivity index (χ3v) is 6.86. The highest BCUT2D eigenvalue weighted by Crippen LogP contribution is 2.40. The first kappa shape index (κ1) is 23.4. The second kappa shape index (κ2) is 9.35. The molecule has 36 heavy (non-hydrogen) atoms. The average Bonchev–Trinajstić information content (AvgIpc) is 3.48. The molecule has 8 nitrogen and oxygen atoms in total. The van der Waals surface area contributed by atoms with E-state index in [9.17, 15) is 4.79 Å². The summed E-state index contributed by atoms with van der Waals surface area (Å²) in [6.07, 6.45) is 3.34. The summed E-state index contributed by atoms with van der Waals surface area (Å²) in [6, 6.07) is 13.9. The number of aromatic nitrogens is 3. The Hall–Kier alpha value is -4.37. The van der Waals surface area contributed by atoms with Crippen LogP contribution >= 0.6 is 11.3 Å². The number of carbonyl (C=O) groups is 1. The number of thiophene rings is 1. The topological polar surface area (TPSA) is 84.3 Å². The van der Waals surface area contributed by atoms with E-state index >= 15 is 0 Å². The van der Waals surface area contributed by atoms with Crippen molar-refractivity contribution in [3.05, 3.63) is 66.7 Å². The molecule has 2 aromatic carbocycles. The normalized spacial score (nSPS) is 11.0. The maximum atomic E-state index is 12.1. The van der Waals surface area contributed by atoms with Gasteiger partial charge in [-0.2, -0.15) is 0 Å². The number of benzene rings is 2. The van der Waals surface area contributed by atoms with E-state index < -0.39 is 0 Å². The van der Waals surface area contributed by atoms with E-state index in [1.165, 1.54) is 6.08 Å². The molecule has 3 aromatic heterocycles. The predicted octanol–water partition coefficient (Wildman–Crippen LogP) is 5.79. The molecule has 0 fully saturated rings. The second-order valence-corrected chi connectivity index (χ2v) is 9.40. The van der Waals surface area contributed by atoms with Crippen LogP contribution in [0.5, 0.6) is 5.75 Å². The molecule has 9 heteroatoms. The minimum Gasteiger partial charge on any atom is -0.494 e. The van der Waals surface area contributed by atoms with Gasteiger partial charge in [0.1, 0.15) is 5.75 Å². The number of ether oxygens (including phenoxy) is 1. The van der Waals surface area contributed by atoms with E-state index in [0.29, 0.717) is 23.1 Å². The molecule has 0 unspecified atom stereocenters. The number of rotatable bonds is 7. The smallest absolute Gasteiger partial charge is 0.247 e.